The number of nitrogens with one attached hydrogen (secondary N) is 1. The van der Waals surface area contributed by atoms with Crippen LogP contribution in [-0.4, -0.2) is 119 Å². The largest absolute Gasteiger partial charge is 0.390 e. The lowest BCUT2D eigenvalue weighted by Crippen LogP contribution is -2.50. The van der Waals surface area contributed by atoms with Crippen molar-refractivity contribution in [3.8, 4) is 6.07 Å². The Hall–Kier alpha value is -2.10. The standard InChI is InChI=1S/C28H32Cl2N6O3S.C7H15NO3S.2ClH/c1-16-11-18(6-9-24(16)35-10-4-5-25(35)26(37)15-40(3,38)39)23-14-32-27-22(13-31)34-36(28(27)33-23)17(2)20-8-7-19(29)12-21(20)30;1-12(10,11)5-7(9)6-3-2-4-8-6;;/h6-8,12,14,16-17,24-26,37H,4-5,9-11,15H2,1-3H3;6-9H,2-5H2,1H3;2*1H/t16-,17-,24?,25+,26?;6-,7?;;/m10../s1. The van der Waals surface area contributed by atoms with Crippen molar-refractivity contribution in [1.82, 2.24) is 30.0 Å². The molecule has 7 atom stereocenters. The number of hydrogen-bond acceptors (Lipinski definition) is 12. The third-order valence-electron chi connectivity index (χ3n) is 10.1. The van der Waals surface area contributed by atoms with E-state index in [2.05, 4.69) is 39.4 Å². The van der Waals surface area contributed by atoms with Gasteiger partial charge >= 0.3 is 0 Å². The summed E-state index contributed by atoms with van der Waals surface area (Å²) in [7, 11) is -6.32. The van der Waals surface area contributed by atoms with E-state index in [-0.39, 0.29) is 72.1 Å². The Kier molecular flexibility index (Phi) is 16.6. The number of aromatic nitrogens is 4. The van der Waals surface area contributed by atoms with Crippen LogP contribution in [0.25, 0.3) is 16.7 Å². The molecule has 1 aromatic carbocycles. The van der Waals surface area contributed by atoms with Gasteiger partial charge in [0.1, 0.15) is 31.3 Å². The molecule has 19 heteroatoms. The number of nitriles is 1. The van der Waals surface area contributed by atoms with Crippen molar-refractivity contribution >= 4 is 84.4 Å². The Labute approximate surface area is 340 Å². The highest BCUT2D eigenvalue weighted by molar-refractivity contribution is 7.90. The molecule has 3 aliphatic rings. The Morgan fingerprint density at radius 3 is 2.33 bits per heavy atom. The fourth-order valence-electron chi connectivity index (χ4n) is 7.64. The van der Waals surface area contributed by atoms with Crippen LogP contribution in [0.1, 0.15) is 75.4 Å². The van der Waals surface area contributed by atoms with Gasteiger partial charge in [0.05, 0.1) is 41.6 Å². The highest BCUT2D eigenvalue weighted by Gasteiger charge is 2.39. The minimum atomic E-state index is -3.27. The normalized spacial score (nSPS) is 23.6. The van der Waals surface area contributed by atoms with Crippen molar-refractivity contribution in [3.63, 3.8) is 0 Å². The first kappa shape index (κ1) is 46.3. The zero-order chi connectivity index (χ0) is 38.0. The number of fused-ring (bicyclic) bond motifs is 1. The van der Waals surface area contributed by atoms with Crippen molar-refractivity contribution in [3.05, 3.63) is 57.5 Å². The number of hydrogen-bond donors (Lipinski definition) is 3. The van der Waals surface area contributed by atoms with Gasteiger partial charge in [0.2, 0.25) is 0 Å². The highest BCUT2D eigenvalue weighted by atomic mass is 35.5. The van der Waals surface area contributed by atoms with E-state index in [9.17, 15) is 32.3 Å². The van der Waals surface area contributed by atoms with Crippen LogP contribution < -0.4 is 5.32 Å². The average Bonchev–Trinajstić information content (AvgIpc) is 3.84. The molecule has 2 aliphatic heterocycles. The van der Waals surface area contributed by atoms with Gasteiger partial charge in [-0.25, -0.2) is 31.5 Å². The third kappa shape index (κ3) is 11.5. The second-order valence-electron chi connectivity index (χ2n) is 14.4. The Bertz CT molecular complexity index is 2060. The molecule has 2 fully saturated rings. The lowest BCUT2D eigenvalue weighted by molar-refractivity contribution is 0.0463. The van der Waals surface area contributed by atoms with Crippen LogP contribution in [0.15, 0.2) is 30.5 Å². The van der Waals surface area contributed by atoms with Crippen LogP contribution in [-0.2, 0) is 19.7 Å². The van der Waals surface area contributed by atoms with E-state index in [1.807, 2.05) is 13.0 Å². The number of nitrogens with zero attached hydrogens (tertiary/aromatic N) is 6. The number of aliphatic hydroxyl groups is 2. The van der Waals surface area contributed by atoms with Gasteiger partial charge in [-0.05, 0) is 87.7 Å². The molecule has 6 rings (SSSR count). The SMILES string of the molecule is CS(=O)(=O)CC(O)[C@@H]1CCCN1.C[C@@H]1CC(c2cnc3c(C#N)nn([C@H](C)c4ccc(Cl)cc4Cl)c3n2)=CCC1N1CCC[C@H]1C(O)CS(C)(=O)=O.Cl.Cl. The summed E-state index contributed by atoms with van der Waals surface area (Å²) in [5.41, 5.74) is 3.74. The number of likely N-dealkylation sites (tertiary alicyclic amines) is 1. The van der Waals surface area contributed by atoms with Crippen molar-refractivity contribution < 1.29 is 27.0 Å². The van der Waals surface area contributed by atoms with Crippen LogP contribution >= 0.6 is 48.0 Å². The minimum Gasteiger partial charge on any atom is -0.390 e. The Balaban J connectivity index is 0.000000480. The van der Waals surface area contributed by atoms with Gasteiger partial charge in [0.25, 0.3) is 0 Å². The van der Waals surface area contributed by atoms with Gasteiger partial charge in [-0.1, -0.05) is 42.3 Å². The number of halogens is 4. The van der Waals surface area contributed by atoms with E-state index in [0.29, 0.717) is 21.2 Å². The average molecular weight is 870 g/mol. The molecule has 0 spiro atoms. The summed E-state index contributed by atoms with van der Waals surface area (Å²) in [5.74, 6) is -0.0934. The molecule has 2 aromatic heterocycles. The summed E-state index contributed by atoms with van der Waals surface area (Å²) in [6, 6.07) is 7.11. The summed E-state index contributed by atoms with van der Waals surface area (Å²) in [6.45, 7) is 5.85. The molecule has 13 nitrogen and oxygen atoms in total. The molecule has 0 amide bonds. The molecule has 0 saturated carbocycles. The summed E-state index contributed by atoms with van der Waals surface area (Å²) >= 11 is 12.6. The second-order valence-corrected chi connectivity index (χ2v) is 19.6. The predicted molar refractivity (Wildman–Crippen MR) is 217 cm³/mol. The number of benzene rings is 1. The van der Waals surface area contributed by atoms with Crippen molar-refractivity contribution in [2.45, 2.75) is 88.7 Å². The monoisotopic (exact) mass is 867 g/mol. The maximum absolute atomic E-state index is 11.8. The van der Waals surface area contributed by atoms with E-state index in [4.69, 9.17) is 28.2 Å². The molecule has 300 valence electrons. The van der Waals surface area contributed by atoms with Gasteiger partial charge in [0.15, 0.2) is 11.3 Å². The number of rotatable bonds is 10. The molecular weight excluding hydrogens is 820 g/mol. The summed E-state index contributed by atoms with van der Waals surface area (Å²) in [6.07, 6.45) is 9.68. The van der Waals surface area contributed by atoms with Gasteiger partial charge in [-0.15, -0.1) is 24.8 Å². The summed E-state index contributed by atoms with van der Waals surface area (Å²) < 4.78 is 46.9. The maximum Gasteiger partial charge on any atom is 0.190 e. The first-order valence-corrected chi connectivity index (χ1v) is 22.3. The van der Waals surface area contributed by atoms with Crippen LogP contribution in [0.2, 0.25) is 10.0 Å². The molecule has 4 heterocycles. The van der Waals surface area contributed by atoms with Crippen LogP contribution in [0.4, 0.5) is 0 Å². The van der Waals surface area contributed by atoms with E-state index in [1.165, 1.54) is 6.26 Å². The van der Waals surface area contributed by atoms with Crippen molar-refractivity contribution in [2.24, 2.45) is 5.92 Å². The lowest BCUT2D eigenvalue weighted by atomic mass is 9.83. The quantitative estimate of drug-likeness (QED) is 0.256. The fourth-order valence-corrected chi connectivity index (χ4v) is 9.90. The number of allylic oxidation sites excluding steroid dienone is 1. The Morgan fingerprint density at radius 2 is 1.74 bits per heavy atom. The zero-order valence-corrected chi connectivity index (χ0v) is 35.4. The minimum absolute atomic E-state index is 0. The molecule has 0 bridgehead atoms. The first-order valence-electron chi connectivity index (χ1n) is 17.5. The van der Waals surface area contributed by atoms with Gasteiger partial charge in [-0.2, -0.15) is 10.4 Å². The number of sulfone groups is 2. The van der Waals surface area contributed by atoms with Gasteiger partial charge < -0.3 is 15.5 Å². The van der Waals surface area contributed by atoms with Crippen LogP contribution in [0.5, 0.6) is 0 Å². The molecule has 1 aliphatic carbocycles. The van der Waals surface area contributed by atoms with E-state index < -0.39 is 31.9 Å². The van der Waals surface area contributed by atoms with Crippen LogP contribution in [0, 0.1) is 17.2 Å². The molecule has 3 aromatic rings. The third-order valence-corrected chi connectivity index (χ3v) is 12.6. The molecule has 3 N–H and O–H groups in total. The van der Waals surface area contributed by atoms with Gasteiger partial charge in [-0.3, -0.25) is 4.90 Å². The summed E-state index contributed by atoms with van der Waals surface area (Å²) in [5, 5.41) is 38.5. The van der Waals surface area contributed by atoms with E-state index >= 15 is 0 Å². The van der Waals surface area contributed by atoms with Crippen molar-refractivity contribution in [1.29, 1.82) is 5.26 Å². The van der Waals surface area contributed by atoms with E-state index in [1.54, 1.807) is 23.0 Å². The smallest absolute Gasteiger partial charge is 0.190 e. The molecular formula is C35H49Cl4N7O6S2. The molecule has 54 heavy (non-hydrogen) atoms. The second kappa shape index (κ2) is 19.4. The highest BCUT2D eigenvalue weighted by Crippen LogP contribution is 2.37. The zero-order valence-electron chi connectivity index (χ0n) is 30.6. The Morgan fingerprint density at radius 1 is 1.06 bits per heavy atom. The van der Waals surface area contributed by atoms with Crippen molar-refractivity contribution in [2.75, 3.05) is 37.1 Å². The maximum atomic E-state index is 11.8. The topological polar surface area (TPSA) is 191 Å². The molecule has 3 unspecified atom stereocenters. The lowest BCUT2D eigenvalue weighted by Gasteiger charge is -2.40. The first-order chi connectivity index (χ1) is 24.5. The van der Waals surface area contributed by atoms with E-state index in [0.717, 1.165) is 74.7 Å². The summed E-state index contributed by atoms with van der Waals surface area (Å²) in [4.78, 5) is 11.8. The predicted octanol–water partition coefficient (Wildman–Crippen LogP) is 4.65. The molecule has 2 saturated heterocycles. The molecule has 0 radical (unpaired) electrons. The van der Waals surface area contributed by atoms with Crippen LogP contribution in [0.3, 0.4) is 0 Å². The van der Waals surface area contributed by atoms with Gasteiger partial charge in [0, 0.05) is 40.7 Å². The fraction of sp³-hybridized carbons (Fsp3) is 0.600. The number of aliphatic hydroxyl groups excluding tert-OH is 2.